The standard InChI is InChI=1S/C32H28ClN3O4/c1-20(21-6-8-22(9-7-21)32(39)34-15-14-31(37)38)36-30(19-29(35-36)25-4-3-5-27(33)17-25)26-11-10-24-18-28(40-2)13-12-23(24)16-26/h3-13,16-20H,14-15H2,1-2H3,(H,34,39)(H,37,38). The molecule has 0 aliphatic rings. The molecule has 0 fully saturated rings. The number of carbonyl (C=O) groups is 2. The van der Waals surface area contributed by atoms with E-state index in [0.717, 1.165) is 44.6 Å². The summed E-state index contributed by atoms with van der Waals surface area (Å²) < 4.78 is 7.37. The second-order valence-corrected chi connectivity index (χ2v) is 9.93. The first-order chi connectivity index (χ1) is 19.3. The summed E-state index contributed by atoms with van der Waals surface area (Å²) in [6, 6.07) is 29.1. The molecular weight excluding hydrogens is 526 g/mol. The number of hydrogen-bond acceptors (Lipinski definition) is 4. The molecule has 1 atom stereocenters. The summed E-state index contributed by atoms with van der Waals surface area (Å²) in [5.41, 5.74) is 5.10. The van der Waals surface area contributed by atoms with Crippen molar-refractivity contribution in [1.29, 1.82) is 0 Å². The molecule has 0 aliphatic carbocycles. The molecule has 1 aromatic heterocycles. The fraction of sp³-hybridized carbons (Fsp3) is 0.156. The number of amides is 1. The quantitative estimate of drug-likeness (QED) is 0.208. The Labute approximate surface area is 237 Å². The van der Waals surface area contributed by atoms with E-state index in [1.807, 2.05) is 59.3 Å². The predicted octanol–water partition coefficient (Wildman–Crippen LogP) is 6.85. The second kappa shape index (κ2) is 11.6. The fourth-order valence-corrected chi connectivity index (χ4v) is 4.83. The number of aliphatic carboxylic acids is 1. The van der Waals surface area contributed by atoms with Gasteiger partial charge in [-0.25, -0.2) is 0 Å². The van der Waals surface area contributed by atoms with Crippen molar-refractivity contribution in [3.63, 3.8) is 0 Å². The lowest BCUT2D eigenvalue weighted by atomic mass is 10.0. The van der Waals surface area contributed by atoms with Crippen LogP contribution in [0.2, 0.25) is 5.02 Å². The zero-order valence-corrected chi connectivity index (χ0v) is 22.9. The van der Waals surface area contributed by atoms with Crippen molar-refractivity contribution < 1.29 is 19.4 Å². The van der Waals surface area contributed by atoms with E-state index in [4.69, 9.17) is 26.5 Å². The average molecular weight is 554 g/mol. The van der Waals surface area contributed by atoms with Crippen LogP contribution < -0.4 is 10.1 Å². The van der Waals surface area contributed by atoms with Crippen LogP contribution in [-0.4, -0.2) is 40.4 Å². The zero-order chi connectivity index (χ0) is 28.2. The number of ether oxygens (including phenoxy) is 1. The molecule has 0 aliphatic heterocycles. The van der Waals surface area contributed by atoms with Gasteiger partial charge in [0, 0.05) is 28.3 Å². The topological polar surface area (TPSA) is 93.5 Å². The third kappa shape index (κ3) is 5.84. The van der Waals surface area contributed by atoms with Gasteiger partial charge in [0.2, 0.25) is 0 Å². The third-order valence-corrected chi connectivity index (χ3v) is 7.08. The van der Waals surface area contributed by atoms with Gasteiger partial charge in [-0.2, -0.15) is 5.10 Å². The number of fused-ring (bicyclic) bond motifs is 1. The van der Waals surface area contributed by atoms with Crippen LogP contribution in [0.15, 0.2) is 91.0 Å². The van der Waals surface area contributed by atoms with Crippen molar-refractivity contribution in [2.24, 2.45) is 0 Å². The number of rotatable bonds is 9. The lowest BCUT2D eigenvalue weighted by Crippen LogP contribution is -2.26. The molecule has 40 heavy (non-hydrogen) atoms. The summed E-state index contributed by atoms with van der Waals surface area (Å²) in [5.74, 6) is -0.458. The molecule has 7 nitrogen and oxygen atoms in total. The number of benzene rings is 4. The van der Waals surface area contributed by atoms with Gasteiger partial charge in [-0.15, -0.1) is 0 Å². The Bertz CT molecular complexity index is 1690. The maximum absolute atomic E-state index is 12.4. The Kier molecular flexibility index (Phi) is 7.84. The summed E-state index contributed by atoms with van der Waals surface area (Å²) in [6.45, 7) is 2.14. The molecule has 0 spiro atoms. The normalized spacial score (nSPS) is 11.8. The molecule has 5 rings (SSSR count). The first kappa shape index (κ1) is 27.0. The fourth-order valence-electron chi connectivity index (χ4n) is 4.64. The first-order valence-corrected chi connectivity index (χ1v) is 13.2. The minimum Gasteiger partial charge on any atom is -0.497 e. The highest BCUT2D eigenvalue weighted by molar-refractivity contribution is 6.30. The lowest BCUT2D eigenvalue weighted by molar-refractivity contribution is -0.136. The van der Waals surface area contributed by atoms with Crippen LogP contribution in [0, 0.1) is 0 Å². The largest absolute Gasteiger partial charge is 0.497 e. The molecule has 0 bridgehead atoms. The average Bonchev–Trinajstić information content (AvgIpc) is 3.42. The van der Waals surface area contributed by atoms with Crippen molar-refractivity contribution in [1.82, 2.24) is 15.1 Å². The van der Waals surface area contributed by atoms with E-state index in [-0.39, 0.29) is 24.9 Å². The molecule has 2 N–H and O–H groups in total. The Balaban J connectivity index is 1.51. The van der Waals surface area contributed by atoms with Crippen molar-refractivity contribution in [2.75, 3.05) is 13.7 Å². The Morgan fingerprint density at radius 1 is 0.950 bits per heavy atom. The maximum Gasteiger partial charge on any atom is 0.305 e. The minimum atomic E-state index is -0.956. The van der Waals surface area contributed by atoms with E-state index in [2.05, 4.69) is 36.5 Å². The highest BCUT2D eigenvalue weighted by Gasteiger charge is 2.19. The van der Waals surface area contributed by atoms with Crippen LogP contribution >= 0.6 is 11.6 Å². The molecule has 0 radical (unpaired) electrons. The van der Waals surface area contributed by atoms with Gasteiger partial charge in [0.15, 0.2) is 0 Å². The second-order valence-electron chi connectivity index (χ2n) is 9.50. The van der Waals surface area contributed by atoms with Crippen molar-refractivity contribution in [3.8, 4) is 28.3 Å². The number of methoxy groups -OCH3 is 1. The number of carbonyl (C=O) groups excluding carboxylic acids is 1. The molecule has 202 valence electrons. The number of hydrogen-bond donors (Lipinski definition) is 2. The van der Waals surface area contributed by atoms with Crippen LogP contribution in [0.5, 0.6) is 5.75 Å². The molecule has 4 aromatic carbocycles. The number of carboxylic acids is 1. The number of halogens is 1. The zero-order valence-electron chi connectivity index (χ0n) is 22.1. The Morgan fingerprint density at radius 3 is 2.42 bits per heavy atom. The van der Waals surface area contributed by atoms with E-state index in [1.165, 1.54) is 0 Å². The summed E-state index contributed by atoms with van der Waals surface area (Å²) in [4.78, 5) is 23.1. The van der Waals surface area contributed by atoms with Gasteiger partial charge in [-0.05, 0) is 71.8 Å². The van der Waals surface area contributed by atoms with Crippen molar-refractivity contribution in [3.05, 3.63) is 107 Å². The minimum absolute atomic E-state index is 0.0772. The molecule has 5 aromatic rings. The number of carboxylic acid groups (broad SMARTS) is 1. The van der Waals surface area contributed by atoms with Gasteiger partial charge in [0.25, 0.3) is 5.91 Å². The number of aromatic nitrogens is 2. The molecule has 8 heteroatoms. The van der Waals surface area contributed by atoms with Crippen molar-refractivity contribution in [2.45, 2.75) is 19.4 Å². The van der Waals surface area contributed by atoms with Gasteiger partial charge >= 0.3 is 5.97 Å². The van der Waals surface area contributed by atoms with Crippen LogP contribution in [0.3, 0.4) is 0 Å². The number of nitrogens with zero attached hydrogens (tertiary/aromatic N) is 2. The first-order valence-electron chi connectivity index (χ1n) is 12.9. The van der Waals surface area contributed by atoms with E-state index in [0.29, 0.717) is 10.6 Å². The molecule has 1 heterocycles. The van der Waals surface area contributed by atoms with Gasteiger partial charge in [0.05, 0.1) is 31.0 Å². The highest BCUT2D eigenvalue weighted by atomic mass is 35.5. The van der Waals surface area contributed by atoms with Gasteiger partial charge in [0.1, 0.15) is 5.75 Å². The predicted molar refractivity (Wildman–Crippen MR) is 157 cm³/mol. The monoisotopic (exact) mass is 553 g/mol. The maximum atomic E-state index is 12.4. The highest BCUT2D eigenvalue weighted by Crippen LogP contribution is 2.34. The molecule has 0 saturated carbocycles. The third-order valence-electron chi connectivity index (χ3n) is 6.85. The molecule has 1 unspecified atom stereocenters. The summed E-state index contributed by atoms with van der Waals surface area (Å²) >= 11 is 6.29. The summed E-state index contributed by atoms with van der Waals surface area (Å²) in [5, 5.41) is 19.2. The SMILES string of the molecule is COc1ccc2cc(-c3cc(-c4cccc(Cl)c4)nn3C(C)c3ccc(C(=O)NCCC(=O)O)cc3)ccc2c1. The Morgan fingerprint density at radius 2 is 1.70 bits per heavy atom. The lowest BCUT2D eigenvalue weighted by Gasteiger charge is -2.17. The van der Waals surface area contributed by atoms with Crippen LogP contribution in [0.1, 0.15) is 35.3 Å². The van der Waals surface area contributed by atoms with Crippen LogP contribution in [0.25, 0.3) is 33.3 Å². The van der Waals surface area contributed by atoms with Gasteiger partial charge < -0.3 is 15.2 Å². The summed E-state index contributed by atoms with van der Waals surface area (Å²) in [7, 11) is 1.66. The molecule has 0 saturated heterocycles. The molecular formula is C32H28ClN3O4. The van der Waals surface area contributed by atoms with Gasteiger partial charge in [-0.1, -0.05) is 54.1 Å². The van der Waals surface area contributed by atoms with E-state index in [1.54, 1.807) is 19.2 Å². The van der Waals surface area contributed by atoms with E-state index in [9.17, 15) is 9.59 Å². The number of nitrogens with one attached hydrogen (secondary N) is 1. The Hall–Kier alpha value is -4.62. The van der Waals surface area contributed by atoms with Crippen LogP contribution in [-0.2, 0) is 4.79 Å². The van der Waals surface area contributed by atoms with E-state index < -0.39 is 5.97 Å². The van der Waals surface area contributed by atoms with Crippen LogP contribution in [0.4, 0.5) is 0 Å². The summed E-state index contributed by atoms with van der Waals surface area (Å²) in [6.07, 6.45) is -0.125. The smallest absolute Gasteiger partial charge is 0.305 e. The molecule has 1 amide bonds. The van der Waals surface area contributed by atoms with Gasteiger partial charge in [-0.3, -0.25) is 14.3 Å². The van der Waals surface area contributed by atoms with Crippen molar-refractivity contribution >= 4 is 34.2 Å². The van der Waals surface area contributed by atoms with E-state index >= 15 is 0 Å².